The number of halogens is 1. The number of fused-ring (bicyclic) bond motifs is 1. The molecule has 1 aliphatic rings. The number of hydrogen-bond donors (Lipinski definition) is 1. The van der Waals surface area contributed by atoms with E-state index in [9.17, 15) is 4.79 Å². The lowest BCUT2D eigenvalue weighted by Gasteiger charge is -2.38. The van der Waals surface area contributed by atoms with Crippen molar-refractivity contribution >= 4 is 23.3 Å². The largest absolute Gasteiger partial charge is 0.492 e. The van der Waals surface area contributed by atoms with Gasteiger partial charge in [-0.2, -0.15) is 0 Å². The maximum Gasteiger partial charge on any atom is 0.322 e. The summed E-state index contributed by atoms with van der Waals surface area (Å²) in [5.41, 5.74) is 3.95. The molecule has 3 aromatic carbocycles. The Morgan fingerprint density at radius 3 is 2.52 bits per heavy atom. The Bertz CT molecular complexity index is 1020. The zero-order valence-electron chi connectivity index (χ0n) is 16.3. The summed E-state index contributed by atoms with van der Waals surface area (Å²) >= 11 is 6.54. The molecule has 2 amide bonds. The molecule has 0 aromatic heterocycles. The number of anilines is 1. The number of urea groups is 1. The molecular formula is C24H23ClN2O2. The summed E-state index contributed by atoms with van der Waals surface area (Å²) in [6.07, 6.45) is 0.803. The summed E-state index contributed by atoms with van der Waals surface area (Å²) in [7, 11) is 0. The maximum absolute atomic E-state index is 13.3. The Balaban J connectivity index is 1.71. The Hall–Kier alpha value is -2.98. The molecule has 0 saturated carbocycles. The van der Waals surface area contributed by atoms with Crippen LogP contribution in [0.2, 0.25) is 5.02 Å². The average molecular weight is 407 g/mol. The van der Waals surface area contributed by atoms with Gasteiger partial charge in [-0.3, -0.25) is 0 Å². The summed E-state index contributed by atoms with van der Waals surface area (Å²) in [6, 6.07) is 23.0. The predicted molar refractivity (Wildman–Crippen MR) is 117 cm³/mol. The zero-order valence-corrected chi connectivity index (χ0v) is 17.0. The van der Waals surface area contributed by atoms with Gasteiger partial charge in [0.1, 0.15) is 5.75 Å². The van der Waals surface area contributed by atoms with Crippen molar-refractivity contribution in [1.82, 2.24) is 4.90 Å². The fourth-order valence-electron chi connectivity index (χ4n) is 3.86. The summed E-state index contributed by atoms with van der Waals surface area (Å²) in [6.45, 7) is 3.06. The number of nitrogens with zero attached hydrogens (tertiary/aromatic N) is 1. The van der Waals surface area contributed by atoms with E-state index in [1.807, 2.05) is 72.5 Å². The van der Waals surface area contributed by atoms with Crippen molar-refractivity contribution in [3.8, 4) is 5.75 Å². The third kappa shape index (κ3) is 3.94. The molecule has 4 nitrogen and oxygen atoms in total. The quantitative estimate of drug-likeness (QED) is 0.584. The van der Waals surface area contributed by atoms with Crippen LogP contribution in [0.15, 0.2) is 72.8 Å². The minimum absolute atomic E-state index is 0.170. The molecule has 29 heavy (non-hydrogen) atoms. The van der Waals surface area contributed by atoms with E-state index in [1.54, 1.807) is 0 Å². The van der Waals surface area contributed by atoms with E-state index in [2.05, 4.69) is 17.4 Å². The third-order valence-corrected chi connectivity index (χ3v) is 5.52. The predicted octanol–water partition coefficient (Wildman–Crippen LogP) is 5.92. The van der Waals surface area contributed by atoms with Gasteiger partial charge >= 0.3 is 6.03 Å². The van der Waals surface area contributed by atoms with Crippen LogP contribution in [0, 0.1) is 0 Å². The van der Waals surface area contributed by atoms with Crippen LogP contribution in [-0.2, 0) is 6.42 Å². The van der Waals surface area contributed by atoms with Gasteiger partial charge in [0.15, 0.2) is 0 Å². The summed E-state index contributed by atoms with van der Waals surface area (Å²) in [4.78, 5) is 15.2. The first-order chi connectivity index (χ1) is 14.2. The van der Waals surface area contributed by atoms with Crippen LogP contribution in [-0.4, -0.2) is 24.1 Å². The van der Waals surface area contributed by atoms with Crippen LogP contribution < -0.4 is 10.1 Å². The van der Waals surface area contributed by atoms with Gasteiger partial charge in [0.2, 0.25) is 0 Å². The molecule has 1 heterocycles. The molecule has 0 bridgehead atoms. The van der Waals surface area contributed by atoms with E-state index >= 15 is 0 Å². The Morgan fingerprint density at radius 1 is 1.03 bits per heavy atom. The number of carbonyl (C=O) groups is 1. The highest BCUT2D eigenvalue weighted by atomic mass is 35.5. The second-order valence-electron chi connectivity index (χ2n) is 6.93. The number of amides is 2. The van der Waals surface area contributed by atoms with Gasteiger partial charge in [0, 0.05) is 11.6 Å². The summed E-state index contributed by atoms with van der Waals surface area (Å²) in [5, 5.41) is 3.69. The normalized spacial score (nSPS) is 15.5. The minimum Gasteiger partial charge on any atom is -0.492 e. The number of hydrogen-bond acceptors (Lipinski definition) is 2. The smallest absolute Gasteiger partial charge is 0.322 e. The number of para-hydroxylation sites is 2. The summed E-state index contributed by atoms with van der Waals surface area (Å²) in [5.74, 6) is 0.662. The molecule has 0 saturated heterocycles. The van der Waals surface area contributed by atoms with Gasteiger partial charge in [0.05, 0.1) is 18.3 Å². The Kier molecular flexibility index (Phi) is 5.72. The van der Waals surface area contributed by atoms with Crippen LogP contribution in [0.25, 0.3) is 0 Å². The molecule has 148 valence electrons. The lowest BCUT2D eigenvalue weighted by Crippen LogP contribution is -2.43. The van der Waals surface area contributed by atoms with Crippen molar-refractivity contribution in [2.24, 2.45) is 0 Å². The summed E-state index contributed by atoms with van der Waals surface area (Å²) < 4.78 is 5.66. The highest BCUT2D eigenvalue weighted by Gasteiger charge is 2.33. The van der Waals surface area contributed by atoms with Gasteiger partial charge in [-0.25, -0.2) is 4.79 Å². The Labute approximate surface area is 176 Å². The lowest BCUT2D eigenvalue weighted by atomic mass is 9.88. The second kappa shape index (κ2) is 8.58. The monoisotopic (exact) mass is 406 g/mol. The van der Waals surface area contributed by atoms with E-state index < -0.39 is 0 Å². The van der Waals surface area contributed by atoms with Gasteiger partial charge in [-0.05, 0) is 48.2 Å². The van der Waals surface area contributed by atoms with Crippen LogP contribution in [0.4, 0.5) is 10.5 Å². The third-order valence-electron chi connectivity index (χ3n) is 5.17. The molecule has 0 fully saturated rings. The number of benzene rings is 3. The van der Waals surface area contributed by atoms with Crippen LogP contribution in [0.5, 0.6) is 5.75 Å². The molecule has 4 rings (SSSR count). The molecule has 0 unspecified atom stereocenters. The molecule has 3 aromatic rings. The minimum atomic E-state index is -0.243. The topological polar surface area (TPSA) is 41.6 Å². The van der Waals surface area contributed by atoms with Gasteiger partial charge in [-0.1, -0.05) is 66.2 Å². The van der Waals surface area contributed by atoms with E-state index in [1.165, 1.54) is 5.56 Å². The van der Waals surface area contributed by atoms with E-state index in [0.717, 1.165) is 17.5 Å². The molecule has 1 atom stereocenters. The maximum atomic E-state index is 13.3. The number of carbonyl (C=O) groups excluding carboxylic acids is 1. The van der Waals surface area contributed by atoms with Crippen molar-refractivity contribution in [3.05, 3.63) is 94.5 Å². The molecule has 1 N–H and O–H groups in total. The van der Waals surface area contributed by atoms with E-state index in [4.69, 9.17) is 16.3 Å². The first-order valence-electron chi connectivity index (χ1n) is 9.80. The zero-order chi connectivity index (χ0) is 20.2. The SMILES string of the molecule is CCOc1ccccc1NC(=O)N1CCc2ccccc2[C@H]1c1ccccc1Cl. The van der Waals surface area contributed by atoms with Crippen molar-refractivity contribution in [2.75, 3.05) is 18.5 Å². The van der Waals surface area contributed by atoms with Crippen LogP contribution in [0.1, 0.15) is 29.7 Å². The standard InChI is InChI=1S/C24H23ClN2O2/c1-2-29-22-14-8-7-13-21(22)26-24(28)27-16-15-17-9-3-4-10-18(17)23(27)19-11-5-6-12-20(19)25/h3-14,23H,2,15-16H2,1H3,(H,26,28)/t23-/m0/s1. The van der Waals surface area contributed by atoms with Crippen LogP contribution >= 0.6 is 11.6 Å². The van der Waals surface area contributed by atoms with Crippen molar-refractivity contribution < 1.29 is 9.53 Å². The second-order valence-corrected chi connectivity index (χ2v) is 7.33. The fraction of sp³-hybridized carbons (Fsp3) is 0.208. The van der Waals surface area contributed by atoms with Gasteiger partial charge in [-0.15, -0.1) is 0 Å². The Morgan fingerprint density at radius 2 is 1.72 bits per heavy atom. The number of ether oxygens (including phenoxy) is 1. The first kappa shape index (κ1) is 19.3. The van der Waals surface area contributed by atoms with E-state index in [0.29, 0.717) is 29.6 Å². The first-order valence-corrected chi connectivity index (χ1v) is 10.2. The molecule has 1 aliphatic heterocycles. The molecule has 0 aliphatic carbocycles. The average Bonchev–Trinajstić information content (AvgIpc) is 2.75. The number of rotatable bonds is 4. The molecular weight excluding hydrogens is 384 g/mol. The van der Waals surface area contributed by atoms with Gasteiger partial charge < -0.3 is 15.0 Å². The molecule has 5 heteroatoms. The highest BCUT2D eigenvalue weighted by Crippen LogP contribution is 2.38. The lowest BCUT2D eigenvalue weighted by molar-refractivity contribution is 0.194. The highest BCUT2D eigenvalue weighted by molar-refractivity contribution is 6.31. The molecule has 0 radical (unpaired) electrons. The van der Waals surface area contributed by atoms with Crippen molar-refractivity contribution in [1.29, 1.82) is 0 Å². The van der Waals surface area contributed by atoms with E-state index in [-0.39, 0.29) is 12.1 Å². The fourth-order valence-corrected chi connectivity index (χ4v) is 4.09. The van der Waals surface area contributed by atoms with Gasteiger partial charge in [0.25, 0.3) is 0 Å². The van der Waals surface area contributed by atoms with Crippen LogP contribution in [0.3, 0.4) is 0 Å². The van der Waals surface area contributed by atoms with Crippen molar-refractivity contribution in [2.45, 2.75) is 19.4 Å². The van der Waals surface area contributed by atoms with Crippen molar-refractivity contribution in [3.63, 3.8) is 0 Å². The molecule has 0 spiro atoms. The number of nitrogens with one attached hydrogen (secondary N) is 1.